The molecule has 0 aromatic carbocycles. The fourth-order valence-corrected chi connectivity index (χ4v) is 2.17. The fourth-order valence-electron chi connectivity index (χ4n) is 2.17. The first kappa shape index (κ1) is 15.1. The van der Waals surface area contributed by atoms with Crippen molar-refractivity contribution in [1.29, 1.82) is 0 Å². The van der Waals surface area contributed by atoms with Gasteiger partial charge in [0.05, 0.1) is 33.8 Å². The van der Waals surface area contributed by atoms with Gasteiger partial charge >= 0.3 is 0 Å². The van der Waals surface area contributed by atoms with Crippen LogP contribution in [0.25, 0.3) is 0 Å². The van der Waals surface area contributed by atoms with Crippen LogP contribution in [0.4, 0.5) is 0 Å². The van der Waals surface area contributed by atoms with Gasteiger partial charge in [0.15, 0.2) is 0 Å². The third-order valence-electron chi connectivity index (χ3n) is 3.26. The van der Waals surface area contributed by atoms with Crippen LogP contribution in [0.1, 0.15) is 12.8 Å². The standard InChI is InChI=1S/C14H8N2O6/c17-7-9-5-11(15(19)20)1-3-13(9)14-4-2-12(16(21)22)6-10(14)8-18/h1-4H,5-6H2. The number of allylic oxidation sites excluding steroid dienone is 8. The molecule has 2 aliphatic carbocycles. The van der Waals surface area contributed by atoms with E-state index in [1.165, 1.54) is 24.3 Å². The van der Waals surface area contributed by atoms with E-state index in [9.17, 15) is 29.8 Å². The van der Waals surface area contributed by atoms with Crippen molar-refractivity contribution in [2.45, 2.75) is 12.8 Å². The molecule has 0 unspecified atom stereocenters. The Bertz CT molecular complexity index is 731. The lowest BCUT2D eigenvalue weighted by Gasteiger charge is -2.17. The van der Waals surface area contributed by atoms with Crippen molar-refractivity contribution in [1.82, 2.24) is 0 Å². The molecule has 2 aliphatic rings. The van der Waals surface area contributed by atoms with Gasteiger partial charge in [-0.05, 0) is 23.3 Å². The number of carbonyl (C=O) groups excluding carboxylic acids is 2. The minimum Gasteiger partial charge on any atom is -0.259 e. The highest BCUT2D eigenvalue weighted by Crippen LogP contribution is 2.35. The Balaban J connectivity index is 2.54. The highest BCUT2D eigenvalue weighted by molar-refractivity contribution is 5.77. The summed E-state index contributed by atoms with van der Waals surface area (Å²) in [7, 11) is 0. The third-order valence-corrected chi connectivity index (χ3v) is 3.26. The molecule has 0 heterocycles. The summed E-state index contributed by atoms with van der Waals surface area (Å²) >= 11 is 0. The zero-order valence-corrected chi connectivity index (χ0v) is 11.1. The second kappa shape index (κ2) is 5.97. The van der Waals surface area contributed by atoms with Gasteiger partial charge in [0, 0.05) is 12.2 Å². The largest absolute Gasteiger partial charge is 0.259 e. The Labute approximate surface area is 123 Å². The number of hydrogen-bond donors (Lipinski definition) is 0. The Morgan fingerprint density at radius 2 is 1.14 bits per heavy atom. The molecule has 0 fully saturated rings. The normalized spacial score (nSPS) is 17.5. The van der Waals surface area contributed by atoms with Crippen LogP contribution in [0, 0.1) is 20.2 Å². The van der Waals surface area contributed by atoms with Crippen molar-refractivity contribution in [2.24, 2.45) is 0 Å². The second-order valence-electron chi connectivity index (χ2n) is 4.51. The molecule has 0 amide bonds. The molecular formula is C14H8N2O6. The summed E-state index contributed by atoms with van der Waals surface area (Å²) in [4.78, 5) is 42.3. The average molecular weight is 300 g/mol. The van der Waals surface area contributed by atoms with Gasteiger partial charge in [0.25, 0.3) is 11.4 Å². The van der Waals surface area contributed by atoms with Crippen molar-refractivity contribution in [3.05, 3.63) is 78.2 Å². The van der Waals surface area contributed by atoms with Crippen LogP contribution in [-0.2, 0) is 9.59 Å². The zero-order valence-electron chi connectivity index (χ0n) is 11.1. The van der Waals surface area contributed by atoms with Gasteiger partial charge in [-0.15, -0.1) is 0 Å². The molecule has 22 heavy (non-hydrogen) atoms. The molecule has 0 aliphatic heterocycles. The summed E-state index contributed by atoms with van der Waals surface area (Å²) in [5.74, 6) is 3.26. The molecule has 0 spiro atoms. The highest BCUT2D eigenvalue weighted by Gasteiger charge is 2.28. The van der Waals surface area contributed by atoms with E-state index >= 15 is 0 Å². The lowest BCUT2D eigenvalue weighted by atomic mass is 9.84. The molecule has 0 atom stereocenters. The second-order valence-corrected chi connectivity index (χ2v) is 4.51. The van der Waals surface area contributed by atoms with Gasteiger partial charge in [-0.1, -0.05) is 0 Å². The van der Waals surface area contributed by atoms with Gasteiger partial charge in [-0.3, -0.25) is 20.2 Å². The van der Waals surface area contributed by atoms with Crippen molar-refractivity contribution < 1.29 is 19.4 Å². The van der Waals surface area contributed by atoms with Crippen LogP contribution in [-0.4, -0.2) is 21.7 Å². The minimum absolute atomic E-state index is 0.0196. The summed E-state index contributed by atoms with van der Waals surface area (Å²) < 4.78 is 0. The summed E-state index contributed by atoms with van der Waals surface area (Å²) in [5, 5.41) is 21.5. The van der Waals surface area contributed by atoms with Crippen LogP contribution in [0.2, 0.25) is 0 Å². The van der Waals surface area contributed by atoms with Crippen LogP contribution in [0.15, 0.2) is 58.0 Å². The molecule has 0 aromatic heterocycles. The minimum atomic E-state index is -0.610. The molecule has 110 valence electrons. The van der Waals surface area contributed by atoms with E-state index in [4.69, 9.17) is 0 Å². The topological polar surface area (TPSA) is 120 Å². The molecule has 0 aromatic rings. The van der Waals surface area contributed by atoms with Crippen LogP contribution >= 0.6 is 0 Å². The number of nitro groups is 2. The lowest BCUT2D eigenvalue weighted by Crippen LogP contribution is -2.12. The van der Waals surface area contributed by atoms with E-state index in [0.29, 0.717) is 0 Å². The molecule has 8 nitrogen and oxygen atoms in total. The molecule has 0 bridgehead atoms. The average Bonchev–Trinajstić information content (AvgIpc) is 2.53. The molecule has 8 heteroatoms. The predicted molar refractivity (Wildman–Crippen MR) is 74.0 cm³/mol. The van der Waals surface area contributed by atoms with Crippen molar-refractivity contribution in [3.63, 3.8) is 0 Å². The van der Waals surface area contributed by atoms with E-state index in [0.717, 1.165) is 0 Å². The molecular weight excluding hydrogens is 292 g/mol. The fraction of sp³-hybridized carbons (Fsp3) is 0.143. The Kier molecular flexibility index (Phi) is 4.08. The van der Waals surface area contributed by atoms with Crippen molar-refractivity contribution >= 4 is 11.9 Å². The monoisotopic (exact) mass is 300 g/mol. The van der Waals surface area contributed by atoms with Gasteiger partial charge in [-0.25, -0.2) is 9.59 Å². The first-order valence-electron chi connectivity index (χ1n) is 6.07. The zero-order chi connectivity index (χ0) is 16.3. The van der Waals surface area contributed by atoms with E-state index in [1.54, 1.807) is 11.9 Å². The van der Waals surface area contributed by atoms with Gasteiger partial charge in [0.1, 0.15) is 11.9 Å². The van der Waals surface area contributed by atoms with Gasteiger partial charge in [-0.2, -0.15) is 0 Å². The smallest absolute Gasteiger partial charge is 0.251 e. The number of rotatable bonds is 3. The third kappa shape index (κ3) is 2.73. The molecule has 0 radical (unpaired) electrons. The molecule has 0 saturated carbocycles. The molecule has 0 N–H and O–H groups in total. The van der Waals surface area contributed by atoms with Crippen molar-refractivity contribution in [2.75, 3.05) is 0 Å². The van der Waals surface area contributed by atoms with E-state index in [1.807, 2.05) is 0 Å². The Morgan fingerprint density at radius 1 is 0.773 bits per heavy atom. The van der Waals surface area contributed by atoms with E-state index in [2.05, 4.69) is 0 Å². The molecule has 0 saturated heterocycles. The first-order valence-corrected chi connectivity index (χ1v) is 6.07. The summed E-state index contributed by atoms with van der Waals surface area (Å²) in [6.45, 7) is 0. The Morgan fingerprint density at radius 3 is 1.41 bits per heavy atom. The quantitative estimate of drug-likeness (QED) is 0.442. The van der Waals surface area contributed by atoms with E-state index < -0.39 is 9.85 Å². The summed E-state index contributed by atoms with van der Waals surface area (Å²) in [6, 6.07) is 0. The van der Waals surface area contributed by atoms with Gasteiger partial charge in [0.2, 0.25) is 0 Å². The highest BCUT2D eigenvalue weighted by atomic mass is 16.6. The summed E-state index contributed by atoms with van der Waals surface area (Å²) in [5.41, 5.74) is 0.279. The Hall–Kier alpha value is -3.34. The predicted octanol–water partition coefficient (Wildman–Crippen LogP) is 1.48. The van der Waals surface area contributed by atoms with E-state index in [-0.39, 0.29) is 46.5 Å². The maximum absolute atomic E-state index is 11.0. The maximum Gasteiger partial charge on any atom is 0.251 e. The van der Waals surface area contributed by atoms with Crippen molar-refractivity contribution in [3.8, 4) is 0 Å². The SMILES string of the molecule is O=C=C1CC([N+](=O)[O-])=CC=C1C1=CC=C([N+](=O)[O-])CC1=C=O. The lowest BCUT2D eigenvalue weighted by molar-refractivity contribution is -0.427. The van der Waals surface area contributed by atoms with Crippen LogP contribution in [0.5, 0.6) is 0 Å². The summed E-state index contributed by atoms with van der Waals surface area (Å²) in [6.07, 6.45) is 4.67. The number of nitrogens with zero attached hydrogens (tertiary/aromatic N) is 2. The number of hydrogen-bond acceptors (Lipinski definition) is 6. The maximum atomic E-state index is 11.0. The first-order chi connectivity index (χ1) is 10.5. The molecule has 2 rings (SSSR count). The van der Waals surface area contributed by atoms with Crippen LogP contribution < -0.4 is 0 Å². The van der Waals surface area contributed by atoms with Crippen LogP contribution in [0.3, 0.4) is 0 Å². The van der Waals surface area contributed by atoms with Gasteiger partial charge < -0.3 is 0 Å².